The third-order valence-electron chi connectivity index (χ3n) is 6.58. The fourth-order valence-corrected chi connectivity index (χ4v) is 5.76. The molecule has 31 heavy (non-hydrogen) atoms. The van der Waals surface area contributed by atoms with Crippen LogP contribution in [0, 0.1) is 23.1 Å². The van der Waals surface area contributed by atoms with Crippen LogP contribution in [0.25, 0.3) is 0 Å². The van der Waals surface area contributed by atoms with Crippen molar-refractivity contribution in [2.75, 3.05) is 26.2 Å². The molecule has 2 atom stereocenters. The van der Waals surface area contributed by atoms with Crippen molar-refractivity contribution >= 4 is 23.1 Å². The molecule has 0 radical (unpaired) electrons. The predicted molar refractivity (Wildman–Crippen MR) is 104 cm³/mol. The number of rotatable bonds is 4. The summed E-state index contributed by atoms with van der Waals surface area (Å²) in [6, 6.07) is 2.96. The van der Waals surface area contributed by atoms with Crippen molar-refractivity contribution in [2.24, 2.45) is 23.0 Å². The first-order valence-electron chi connectivity index (χ1n) is 10.1. The number of nitrogens with zero attached hydrogens (tertiary/aromatic N) is 2. The van der Waals surface area contributed by atoms with Crippen molar-refractivity contribution in [3.63, 3.8) is 0 Å². The number of benzene rings is 1. The van der Waals surface area contributed by atoms with Crippen molar-refractivity contribution in [1.29, 1.82) is 0 Å². The van der Waals surface area contributed by atoms with E-state index in [9.17, 15) is 31.7 Å². The second-order valence-electron chi connectivity index (χ2n) is 8.92. The van der Waals surface area contributed by atoms with Crippen LogP contribution in [0.4, 0.5) is 22.4 Å². The highest BCUT2D eigenvalue weighted by atomic mass is 32.2. The zero-order chi connectivity index (χ0) is 22.6. The van der Waals surface area contributed by atoms with E-state index >= 15 is 0 Å². The van der Waals surface area contributed by atoms with E-state index in [4.69, 9.17) is 5.73 Å². The van der Waals surface area contributed by atoms with E-state index in [1.165, 1.54) is 6.07 Å². The molecule has 1 aliphatic carbocycles. The van der Waals surface area contributed by atoms with Crippen LogP contribution >= 0.6 is 0 Å². The van der Waals surface area contributed by atoms with Gasteiger partial charge in [-0.2, -0.15) is 0 Å². The number of urea groups is 1. The molecular formula is C20H23F4N3O3S. The Balaban J connectivity index is 1.25. The molecule has 11 heteroatoms. The molecule has 1 spiro atoms. The van der Waals surface area contributed by atoms with Gasteiger partial charge in [-0.3, -0.25) is 4.79 Å². The average molecular weight is 461 g/mol. The predicted octanol–water partition coefficient (Wildman–Crippen LogP) is 2.63. The number of alkyl halides is 3. The molecule has 1 aromatic carbocycles. The van der Waals surface area contributed by atoms with Crippen LogP contribution in [0.1, 0.15) is 24.8 Å². The molecule has 2 aliphatic heterocycles. The minimum atomic E-state index is -4.92. The highest BCUT2D eigenvalue weighted by molar-refractivity contribution is 7.92. The molecule has 0 aromatic heterocycles. The molecule has 3 fully saturated rings. The first-order valence-corrected chi connectivity index (χ1v) is 11.2. The number of halogens is 4. The summed E-state index contributed by atoms with van der Waals surface area (Å²) in [6.45, 7) is 2.11. The SMILES string of the molecule is NC(=O)[C@H]1CCN(C(=O)N2CC3(CC(Cc4ccc([S+]([O-])C(F)(F)F)cc4F)C3)C2)C1. The highest BCUT2D eigenvalue weighted by Crippen LogP contribution is 2.53. The molecule has 0 bridgehead atoms. The number of primary amides is 1. The van der Waals surface area contributed by atoms with E-state index < -0.39 is 27.4 Å². The third-order valence-corrected chi connectivity index (χ3v) is 7.69. The van der Waals surface area contributed by atoms with E-state index in [0.717, 1.165) is 18.9 Å². The molecule has 4 rings (SSSR count). The maximum Gasteiger partial charge on any atom is 0.578 e. The fourth-order valence-electron chi connectivity index (χ4n) is 5.09. The molecule has 1 aromatic rings. The van der Waals surface area contributed by atoms with Gasteiger partial charge in [0.2, 0.25) is 5.91 Å². The Bertz CT molecular complexity index is 883. The highest BCUT2D eigenvalue weighted by Gasteiger charge is 2.54. The van der Waals surface area contributed by atoms with Crippen LogP contribution in [0.5, 0.6) is 0 Å². The molecule has 6 nitrogen and oxygen atoms in total. The lowest BCUT2D eigenvalue weighted by Gasteiger charge is -2.59. The average Bonchev–Trinajstić information content (AvgIpc) is 3.12. The van der Waals surface area contributed by atoms with Crippen LogP contribution in [-0.4, -0.2) is 58.0 Å². The standard InChI is InChI=1S/C20H23F4N3O3S/c21-16-6-15(31(30)20(22,23)24)2-1-13(16)5-12-7-19(8-12)10-27(11-19)18(29)26-4-3-14(9-26)17(25)28/h1-2,6,12,14H,3-5,7-11H2,(H2,25,28)/t14-,31?/m0/s1. The largest absolute Gasteiger partial charge is 0.604 e. The Morgan fingerprint density at radius 2 is 1.90 bits per heavy atom. The molecule has 2 saturated heterocycles. The number of likely N-dealkylation sites (tertiary alicyclic amines) is 2. The lowest BCUT2D eigenvalue weighted by molar-refractivity contribution is -0.121. The van der Waals surface area contributed by atoms with Crippen LogP contribution in [0.3, 0.4) is 0 Å². The second-order valence-corrected chi connectivity index (χ2v) is 10.4. The lowest BCUT2D eigenvalue weighted by atomic mass is 9.56. The van der Waals surface area contributed by atoms with Gasteiger partial charge < -0.3 is 20.1 Å². The maximum absolute atomic E-state index is 14.2. The summed E-state index contributed by atoms with van der Waals surface area (Å²) in [4.78, 5) is 26.6. The molecule has 1 unspecified atom stereocenters. The number of hydrogen-bond acceptors (Lipinski definition) is 3. The Labute approximate surface area is 179 Å². The van der Waals surface area contributed by atoms with Gasteiger partial charge in [0.25, 0.3) is 0 Å². The van der Waals surface area contributed by atoms with Gasteiger partial charge in [0.15, 0.2) is 4.90 Å². The smallest absolute Gasteiger partial charge is 0.578 e. The molecule has 3 aliphatic rings. The topological polar surface area (TPSA) is 89.7 Å². The summed E-state index contributed by atoms with van der Waals surface area (Å²) >= 11 is -3.25. The number of nitrogens with two attached hydrogens (primary N) is 1. The summed E-state index contributed by atoms with van der Waals surface area (Å²) in [5.74, 6) is -1.26. The van der Waals surface area contributed by atoms with Gasteiger partial charge in [-0.25, -0.2) is 9.18 Å². The van der Waals surface area contributed by atoms with Crippen LogP contribution in [0.2, 0.25) is 0 Å². The molecule has 2 heterocycles. The van der Waals surface area contributed by atoms with Gasteiger partial charge in [-0.15, -0.1) is 13.2 Å². The zero-order valence-corrected chi connectivity index (χ0v) is 17.5. The summed E-state index contributed by atoms with van der Waals surface area (Å²) in [5.41, 5.74) is 0.721. The molecule has 2 N–H and O–H groups in total. The second kappa shape index (κ2) is 7.84. The molecular weight excluding hydrogens is 438 g/mol. The van der Waals surface area contributed by atoms with Gasteiger partial charge in [0.05, 0.1) is 17.1 Å². The monoisotopic (exact) mass is 461 g/mol. The maximum atomic E-state index is 14.2. The lowest BCUT2D eigenvalue weighted by Crippen LogP contribution is -2.65. The van der Waals surface area contributed by atoms with Crippen molar-refractivity contribution in [1.82, 2.24) is 9.80 Å². The molecule has 3 amide bonds. The third kappa shape index (κ3) is 4.34. The van der Waals surface area contributed by atoms with Crippen LogP contribution < -0.4 is 5.73 Å². The Morgan fingerprint density at radius 3 is 2.45 bits per heavy atom. The Morgan fingerprint density at radius 1 is 1.23 bits per heavy atom. The van der Waals surface area contributed by atoms with Crippen molar-refractivity contribution < 1.29 is 31.7 Å². The van der Waals surface area contributed by atoms with Gasteiger partial charge in [-0.05, 0) is 43.2 Å². The van der Waals surface area contributed by atoms with Gasteiger partial charge >= 0.3 is 11.5 Å². The van der Waals surface area contributed by atoms with E-state index in [2.05, 4.69) is 0 Å². The molecule has 1 saturated carbocycles. The summed E-state index contributed by atoms with van der Waals surface area (Å²) < 4.78 is 63.2. The fraction of sp³-hybridized carbons (Fsp3) is 0.600. The van der Waals surface area contributed by atoms with Gasteiger partial charge in [-0.1, -0.05) is 6.07 Å². The number of carbonyl (C=O) groups is 2. The Kier molecular flexibility index (Phi) is 5.61. The van der Waals surface area contributed by atoms with E-state index in [1.54, 1.807) is 9.80 Å². The van der Waals surface area contributed by atoms with Gasteiger partial charge in [0, 0.05) is 37.7 Å². The molecule has 170 valence electrons. The van der Waals surface area contributed by atoms with Crippen molar-refractivity contribution in [3.05, 3.63) is 29.6 Å². The van der Waals surface area contributed by atoms with Crippen LogP contribution in [0.15, 0.2) is 23.1 Å². The van der Waals surface area contributed by atoms with Crippen molar-refractivity contribution in [2.45, 2.75) is 36.1 Å². The van der Waals surface area contributed by atoms with E-state index in [-0.39, 0.29) is 29.2 Å². The Hall–Kier alpha value is -2.01. The first kappa shape index (κ1) is 22.2. The zero-order valence-electron chi connectivity index (χ0n) is 16.7. The van der Waals surface area contributed by atoms with Gasteiger partial charge in [0.1, 0.15) is 5.82 Å². The normalized spacial score (nSPS) is 24.1. The first-order chi connectivity index (χ1) is 14.5. The minimum absolute atomic E-state index is 0.0251. The van der Waals surface area contributed by atoms with E-state index in [1.807, 2.05) is 0 Å². The van der Waals surface area contributed by atoms with Crippen molar-refractivity contribution in [3.8, 4) is 0 Å². The number of hydrogen-bond donors (Lipinski definition) is 1. The summed E-state index contributed by atoms with van der Waals surface area (Å²) in [5, 5.41) is 0. The quantitative estimate of drug-likeness (QED) is 0.552. The summed E-state index contributed by atoms with van der Waals surface area (Å²) in [7, 11) is 0. The van der Waals surface area contributed by atoms with Crippen LogP contribution in [-0.2, 0) is 22.4 Å². The number of carbonyl (C=O) groups excluding carboxylic acids is 2. The summed E-state index contributed by atoms with van der Waals surface area (Å²) in [6.07, 6.45) is 2.61. The minimum Gasteiger partial charge on any atom is -0.604 e. The number of amides is 3. The van der Waals surface area contributed by atoms with E-state index in [0.29, 0.717) is 50.7 Å².